The molecule has 7 heterocycles. The van der Waals surface area contributed by atoms with E-state index in [1.807, 2.05) is 36.1 Å². The fraction of sp³-hybridized carbons (Fsp3) is 0.510. The van der Waals surface area contributed by atoms with Crippen LogP contribution in [0.15, 0.2) is 48.1 Å². The lowest BCUT2D eigenvalue weighted by atomic mass is 9.85. The topological polar surface area (TPSA) is 208 Å². The number of likely N-dealkylation sites (tertiary alicyclic amines) is 2. The Labute approximate surface area is 434 Å². The number of alkyl halides is 3. The van der Waals surface area contributed by atoms with Crippen molar-refractivity contribution < 1.29 is 51.6 Å². The molecular formula is C51H59ClF4N10O7S. The molecule has 396 valence electrons. The highest BCUT2D eigenvalue weighted by Crippen LogP contribution is 2.45. The second-order valence-corrected chi connectivity index (χ2v) is 21.8. The number of nitrogens with zero attached hydrogens (tertiary/aromatic N) is 7. The summed E-state index contributed by atoms with van der Waals surface area (Å²) in [6.07, 6.45) is -1.22. The van der Waals surface area contributed by atoms with Crippen molar-refractivity contribution in [2.75, 3.05) is 57.4 Å². The second kappa shape index (κ2) is 21.8. The number of amides is 3. The molecule has 5 N–H and O–H groups in total. The Morgan fingerprint density at radius 2 is 1.77 bits per heavy atom. The number of aromatic hydroxyl groups is 1. The van der Waals surface area contributed by atoms with Gasteiger partial charge in [0, 0.05) is 69.0 Å². The molecule has 4 aliphatic rings. The zero-order chi connectivity index (χ0) is 52.6. The third-order valence-corrected chi connectivity index (χ3v) is 15.4. The van der Waals surface area contributed by atoms with Gasteiger partial charge in [0.2, 0.25) is 17.7 Å². The van der Waals surface area contributed by atoms with Gasteiger partial charge in [-0.3, -0.25) is 24.3 Å². The zero-order valence-corrected chi connectivity index (χ0v) is 42.9. The highest BCUT2D eigenvalue weighted by atomic mass is 35.5. The molecule has 4 aliphatic heterocycles. The van der Waals surface area contributed by atoms with Crippen molar-refractivity contribution in [3.8, 4) is 33.5 Å². The number of piperazine rings is 1. The average Bonchev–Trinajstić information content (AvgIpc) is 4.16. The Bertz CT molecular complexity index is 2880. The molecule has 3 aromatic heterocycles. The first-order valence-corrected chi connectivity index (χ1v) is 25.9. The minimum absolute atomic E-state index is 0.0506. The van der Waals surface area contributed by atoms with E-state index in [0.29, 0.717) is 32.0 Å². The third-order valence-electron chi connectivity index (χ3n) is 14.1. The van der Waals surface area contributed by atoms with Crippen LogP contribution in [0.2, 0.25) is 5.02 Å². The lowest BCUT2D eigenvalue weighted by molar-refractivity contribution is -0.144. The standard InChI is InChI=1S/C51H59ClF4N10O7S/c1-27-44(74-26-59-27)29-9-7-28(8-10-29)19-58-47(70)38-18-34(68)23-66(38)48(71)45(50(2,3)4)61-39(69)25-72-15-14-64-13-5-6-32(64)24-73-49-62-43-36(46(63-49)65-21-30-11-12-31(22-65)60-30)20-57-42(41(43)53)35-16-33(67)17-37(52)40(35)51(54,55)56/h7-10,16-17,20,26,30-32,34,38,45,60,67-68H,5-6,11-15,18-19,21-25H2,1-4H3,(H,58,70)(H,61,69)/t30?,31?,32-,34-,38+,45-/m0/s1. The van der Waals surface area contributed by atoms with Gasteiger partial charge in [-0.1, -0.05) is 56.6 Å². The number of aliphatic hydroxyl groups excluding tert-OH is 1. The molecule has 2 aromatic carbocycles. The maximum absolute atomic E-state index is 16.7. The van der Waals surface area contributed by atoms with Gasteiger partial charge >= 0.3 is 12.2 Å². The molecule has 17 nitrogen and oxygen atoms in total. The van der Waals surface area contributed by atoms with Gasteiger partial charge in [-0.25, -0.2) is 9.37 Å². The van der Waals surface area contributed by atoms with Crippen LogP contribution in [-0.4, -0.2) is 147 Å². The predicted molar refractivity (Wildman–Crippen MR) is 269 cm³/mol. The number of pyridine rings is 1. The molecule has 74 heavy (non-hydrogen) atoms. The van der Waals surface area contributed by atoms with E-state index in [0.717, 1.165) is 59.5 Å². The summed E-state index contributed by atoms with van der Waals surface area (Å²) in [7, 11) is 0. The van der Waals surface area contributed by atoms with Gasteiger partial charge in [-0.15, -0.1) is 11.3 Å². The van der Waals surface area contributed by atoms with Crippen molar-refractivity contribution in [3.05, 3.63) is 75.8 Å². The van der Waals surface area contributed by atoms with Crippen LogP contribution in [0.5, 0.6) is 11.8 Å². The van der Waals surface area contributed by atoms with Crippen molar-refractivity contribution in [1.29, 1.82) is 0 Å². The highest BCUT2D eigenvalue weighted by Gasteiger charge is 2.45. The van der Waals surface area contributed by atoms with E-state index < -0.39 is 80.9 Å². The molecule has 3 amide bonds. The number of anilines is 1. The molecule has 9 rings (SSSR count). The quantitative estimate of drug-likeness (QED) is 0.0547. The number of aliphatic hydroxyl groups is 1. The second-order valence-electron chi connectivity index (χ2n) is 20.5. The van der Waals surface area contributed by atoms with Gasteiger partial charge in [-0.05, 0) is 67.8 Å². The first-order valence-electron chi connectivity index (χ1n) is 24.7. The summed E-state index contributed by atoms with van der Waals surface area (Å²) in [5.74, 6) is -2.88. The summed E-state index contributed by atoms with van der Waals surface area (Å²) in [6, 6.07) is 7.27. The Morgan fingerprint density at radius 3 is 2.46 bits per heavy atom. The van der Waals surface area contributed by atoms with E-state index in [9.17, 15) is 37.8 Å². The molecule has 6 atom stereocenters. The Morgan fingerprint density at radius 1 is 1.03 bits per heavy atom. The van der Waals surface area contributed by atoms with E-state index in [-0.39, 0.29) is 74.4 Å². The van der Waals surface area contributed by atoms with Crippen LogP contribution in [-0.2, 0) is 31.8 Å². The van der Waals surface area contributed by atoms with E-state index in [4.69, 9.17) is 26.1 Å². The van der Waals surface area contributed by atoms with E-state index in [1.165, 1.54) is 11.1 Å². The van der Waals surface area contributed by atoms with Crippen LogP contribution >= 0.6 is 22.9 Å². The van der Waals surface area contributed by atoms with Crippen molar-refractivity contribution in [2.24, 2.45) is 5.41 Å². The number of carbonyl (C=O) groups is 3. The van der Waals surface area contributed by atoms with Crippen LogP contribution in [0, 0.1) is 18.2 Å². The van der Waals surface area contributed by atoms with Gasteiger partial charge in [0.05, 0.1) is 44.8 Å². The van der Waals surface area contributed by atoms with Gasteiger partial charge in [0.25, 0.3) is 0 Å². The number of hydrogen-bond acceptors (Lipinski definition) is 15. The molecule has 4 saturated heterocycles. The van der Waals surface area contributed by atoms with Gasteiger partial charge < -0.3 is 45.4 Å². The highest BCUT2D eigenvalue weighted by molar-refractivity contribution is 7.13. The van der Waals surface area contributed by atoms with Gasteiger partial charge in [0.15, 0.2) is 5.82 Å². The van der Waals surface area contributed by atoms with E-state index >= 15 is 4.39 Å². The number of β-amino-alcohol motifs (C(OH)–C–C–N with tert-alkyl or cyclic N) is 1. The minimum Gasteiger partial charge on any atom is -0.508 e. The van der Waals surface area contributed by atoms with Gasteiger partial charge in [0.1, 0.15) is 48.1 Å². The van der Waals surface area contributed by atoms with Crippen LogP contribution in [0.4, 0.5) is 23.4 Å². The molecule has 0 aliphatic carbocycles. The summed E-state index contributed by atoms with van der Waals surface area (Å²) in [4.78, 5) is 65.2. The van der Waals surface area contributed by atoms with Crippen molar-refractivity contribution in [2.45, 2.75) is 109 Å². The minimum atomic E-state index is -5.00. The molecule has 2 bridgehead atoms. The molecule has 5 aromatic rings. The first-order chi connectivity index (χ1) is 35.2. The largest absolute Gasteiger partial charge is 0.508 e. The molecule has 4 fully saturated rings. The predicted octanol–water partition coefficient (Wildman–Crippen LogP) is 6.25. The molecule has 23 heteroatoms. The molecular weight excluding hydrogens is 1010 g/mol. The molecule has 0 saturated carbocycles. The lowest BCUT2D eigenvalue weighted by Gasteiger charge is -2.35. The van der Waals surface area contributed by atoms with Crippen molar-refractivity contribution in [1.82, 2.24) is 45.7 Å². The number of halogens is 5. The van der Waals surface area contributed by atoms with Crippen molar-refractivity contribution in [3.63, 3.8) is 0 Å². The third kappa shape index (κ3) is 11.7. The Kier molecular flexibility index (Phi) is 15.6. The number of nitrogens with one attached hydrogen (secondary N) is 3. The maximum atomic E-state index is 16.7. The Balaban J connectivity index is 0.814. The normalized spacial score (nSPS) is 21.6. The number of aromatic nitrogens is 4. The van der Waals surface area contributed by atoms with E-state index in [1.54, 1.807) is 37.6 Å². The fourth-order valence-corrected chi connectivity index (χ4v) is 11.6. The molecule has 0 spiro atoms. The number of benzene rings is 2. The summed E-state index contributed by atoms with van der Waals surface area (Å²) in [5, 5.41) is 29.5. The first kappa shape index (κ1) is 53.1. The molecule has 0 radical (unpaired) electrons. The monoisotopic (exact) mass is 1070 g/mol. The number of ether oxygens (including phenoxy) is 2. The van der Waals surface area contributed by atoms with Crippen LogP contribution in [0.25, 0.3) is 32.6 Å². The smallest absolute Gasteiger partial charge is 0.418 e. The summed E-state index contributed by atoms with van der Waals surface area (Å²) in [6.45, 7) is 9.56. The number of aryl methyl sites for hydroxylation is 1. The lowest BCUT2D eigenvalue weighted by Crippen LogP contribution is -2.58. The van der Waals surface area contributed by atoms with Crippen molar-refractivity contribution >= 4 is 57.4 Å². The summed E-state index contributed by atoms with van der Waals surface area (Å²) < 4.78 is 71.6. The number of phenolic OH excluding ortho intramolecular Hbond substituents is 1. The zero-order valence-electron chi connectivity index (χ0n) is 41.3. The number of fused-ring (bicyclic) bond motifs is 3. The average molecular weight is 1070 g/mol. The summed E-state index contributed by atoms with van der Waals surface area (Å²) in [5.41, 5.74) is 0.736. The summed E-state index contributed by atoms with van der Waals surface area (Å²) >= 11 is 7.51. The van der Waals surface area contributed by atoms with Gasteiger partial charge in [-0.2, -0.15) is 23.1 Å². The Hall–Kier alpha value is -5.78. The van der Waals surface area contributed by atoms with Crippen LogP contribution < -0.4 is 25.6 Å². The SMILES string of the molecule is Cc1ncsc1-c1ccc(CNC(=O)[C@H]2C[C@H](O)CN2C(=O)[C@H](NC(=O)COCCN2CCC[C@H]2COc2nc(N3CC4CCC(C3)N4)c3cnc(-c4cc(O)cc(Cl)c4C(F)(F)F)c(F)c3n2)C(C)(C)C)cc1. The van der Waals surface area contributed by atoms with Crippen LogP contribution in [0.1, 0.15) is 69.7 Å². The number of rotatable bonds is 16. The molecule has 2 unspecified atom stereocenters. The number of hydrogen-bond donors (Lipinski definition) is 5. The van der Waals surface area contributed by atoms with Crippen LogP contribution in [0.3, 0.4) is 0 Å². The fourth-order valence-electron chi connectivity index (χ4n) is 10.4. The number of thiazole rings is 1. The maximum Gasteiger partial charge on any atom is 0.418 e. The number of carbonyl (C=O) groups excluding carboxylic acids is 3. The van der Waals surface area contributed by atoms with E-state index in [2.05, 4.69) is 35.8 Å². The number of phenols is 1.